The summed E-state index contributed by atoms with van der Waals surface area (Å²) in [6.45, 7) is 0.778. The van der Waals surface area contributed by atoms with E-state index in [1.165, 1.54) is 23.4 Å². The van der Waals surface area contributed by atoms with E-state index in [2.05, 4.69) is 20.9 Å². The molecule has 102 valence electrons. The Balaban J connectivity index is 1.92. The van der Waals surface area contributed by atoms with Crippen LogP contribution in [-0.4, -0.2) is 20.7 Å². The van der Waals surface area contributed by atoms with Gasteiger partial charge in [0.2, 0.25) is 0 Å². The molecule has 21 heavy (non-hydrogen) atoms. The Labute approximate surface area is 139 Å². The summed E-state index contributed by atoms with van der Waals surface area (Å²) < 4.78 is 1.23. The molecule has 0 aliphatic carbocycles. The Morgan fingerprint density at radius 1 is 1.19 bits per heavy atom. The van der Waals surface area contributed by atoms with E-state index in [1.54, 1.807) is 6.20 Å². The minimum absolute atomic E-state index is 0.651. The predicted molar refractivity (Wildman–Crippen MR) is 82.8 cm³/mol. The Bertz CT molecular complexity index is 737. The van der Waals surface area contributed by atoms with Crippen LogP contribution in [0.5, 0.6) is 0 Å². The molecule has 1 aliphatic rings. The summed E-state index contributed by atoms with van der Waals surface area (Å²) in [7, 11) is 0. The Morgan fingerprint density at radius 2 is 1.95 bits per heavy atom. The van der Waals surface area contributed by atoms with E-state index < -0.39 is 0 Å². The second kappa shape index (κ2) is 5.85. The fourth-order valence-electron chi connectivity index (χ4n) is 2.16. The van der Waals surface area contributed by atoms with E-state index in [0.717, 1.165) is 23.0 Å². The number of pyridine rings is 1. The van der Waals surface area contributed by atoms with Crippen LogP contribution in [0.2, 0.25) is 0 Å². The molecule has 0 atom stereocenters. The van der Waals surface area contributed by atoms with Gasteiger partial charge in [-0.05, 0) is 0 Å². The van der Waals surface area contributed by atoms with Gasteiger partial charge in [-0.1, -0.05) is 0 Å². The number of aromatic nitrogens is 1. The number of hydrogen-bond acceptors (Lipinski definition) is 3. The number of anilines is 2. The molecule has 0 unspecified atom stereocenters. The van der Waals surface area contributed by atoms with E-state index in [1.807, 2.05) is 42.6 Å². The van der Waals surface area contributed by atoms with Crippen molar-refractivity contribution in [2.24, 2.45) is 0 Å². The van der Waals surface area contributed by atoms with Crippen LogP contribution in [0, 0.1) is 11.3 Å². The van der Waals surface area contributed by atoms with Crippen LogP contribution < -0.4 is 9.80 Å². The molecule has 0 radical (unpaired) electrons. The molecule has 1 aromatic carbocycles. The van der Waals surface area contributed by atoms with Gasteiger partial charge >= 0.3 is 139 Å². The van der Waals surface area contributed by atoms with Gasteiger partial charge in [-0.3, -0.25) is 0 Å². The minimum atomic E-state index is 0.651. The second-order valence-corrected chi connectivity index (χ2v) is 6.53. The zero-order chi connectivity index (χ0) is 14.8. The number of rotatable bonds is 2. The first kappa shape index (κ1) is 14.1. The van der Waals surface area contributed by atoms with E-state index >= 15 is 0 Å². The van der Waals surface area contributed by atoms with Gasteiger partial charge in [-0.15, -0.1) is 0 Å². The number of hydrogen-bond donors (Lipinski definition) is 0. The number of thiocarbonyl (C=S) groups is 1. The maximum atomic E-state index is 8.88. The third kappa shape index (κ3) is 2.65. The van der Waals surface area contributed by atoms with Gasteiger partial charge in [-0.25, -0.2) is 0 Å². The first-order valence-electron chi connectivity index (χ1n) is 6.25. The first-order chi connectivity index (χ1) is 10.2. The molecule has 1 fully saturated rings. The van der Waals surface area contributed by atoms with Crippen molar-refractivity contribution in [3.63, 3.8) is 0 Å². The van der Waals surface area contributed by atoms with Crippen molar-refractivity contribution in [2.75, 3.05) is 16.3 Å². The van der Waals surface area contributed by atoms with E-state index in [4.69, 9.17) is 17.5 Å². The van der Waals surface area contributed by atoms with Gasteiger partial charge in [-0.2, -0.15) is 0 Å². The van der Waals surface area contributed by atoms with E-state index in [0.29, 0.717) is 5.56 Å². The van der Waals surface area contributed by atoms with Crippen molar-refractivity contribution in [2.45, 2.75) is 0 Å². The number of benzene rings is 1. The van der Waals surface area contributed by atoms with Crippen LogP contribution in [0.4, 0.5) is 11.4 Å². The summed E-state index contributed by atoms with van der Waals surface area (Å²) in [5.74, 6) is 0. The van der Waals surface area contributed by atoms with Crippen molar-refractivity contribution in [1.29, 1.82) is 5.26 Å². The molecule has 2 aromatic rings. The third-order valence-corrected chi connectivity index (χ3v) is 4.70. The molecule has 6 heteroatoms. The molecule has 1 aliphatic heterocycles. The van der Waals surface area contributed by atoms with Crippen LogP contribution in [0.3, 0.4) is 0 Å². The summed E-state index contributed by atoms with van der Waals surface area (Å²) in [6, 6.07) is 13.5. The normalized spacial score (nSPS) is 14.4. The molecule has 0 saturated carbocycles. The average Bonchev–Trinajstić information content (AvgIpc) is 2.83. The molecular formula is C15H10N4SW. The molecule has 2 heterocycles. The van der Waals surface area contributed by atoms with E-state index in [9.17, 15) is 0 Å². The third-order valence-electron chi connectivity index (χ3n) is 3.18. The number of nitrogens with zero attached hydrogens (tertiary/aromatic N) is 4. The first-order valence-corrected chi connectivity index (χ1v) is 8.13. The summed E-state index contributed by atoms with van der Waals surface area (Å²) in [5.41, 5.74) is 2.64. The fraction of sp³-hybridized carbons (Fsp3) is 0.0667. The quantitative estimate of drug-likeness (QED) is 0.641. The molecule has 0 spiro atoms. The molecule has 1 saturated heterocycles. The van der Waals surface area contributed by atoms with Gasteiger partial charge in [0.25, 0.3) is 0 Å². The van der Waals surface area contributed by atoms with Crippen LogP contribution >= 0.6 is 12.2 Å². The topological polar surface area (TPSA) is 43.2 Å². The Hall–Kier alpha value is -1.89. The summed E-state index contributed by atoms with van der Waals surface area (Å²) >= 11 is 6.99. The van der Waals surface area contributed by atoms with Crippen LogP contribution in [0.25, 0.3) is 0 Å². The Kier molecular flexibility index (Phi) is 3.92. The van der Waals surface area contributed by atoms with Crippen LogP contribution in [-0.2, 0) is 19.4 Å². The molecule has 0 bridgehead atoms. The summed E-state index contributed by atoms with van der Waals surface area (Å²) in [4.78, 5) is 8.29. The van der Waals surface area contributed by atoms with Gasteiger partial charge in [0, 0.05) is 0 Å². The van der Waals surface area contributed by atoms with Crippen molar-refractivity contribution in [3.05, 3.63) is 54.4 Å². The molecule has 0 N–H and O–H groups in total. The monoisotopic (exact) mass is 462 g/mol. The SMILES string of the molecule is N#Cc1ccc(N2C(=S)N(c3cccnc3)C[C]2=[W])cc1. The average molecular weight is 462 g/mol. The molecule has 3 rings (SSSR count). The number of nitriles is 1. The van der Waals surface area contributed by atoms with Gasteiger partial charge in [0.05, 0.1) is 0 Å². The van der Waals surface area contributed by atoms with Gasteiger partial charge in [0.1, 0.15) is 0 Å². The molecule has 1 aromatic heterocycles. The maximum absolute atomic E-state index is 8.88. The standard InChI is InChI=1S/C15H10N4S.W/c16-10-12-3-5-13(6-4-12)18-8-9-19(15(18)20)14-2-1-7-17-11-14;/h1-7,11H,9H2;. The van der Waals surface area contributed by atoms with Crippen molar-refractivity contribution < 1.29 is 19.4 Å². The molecule has 4 nitrogen and oxygen atoms in total. The van der Waals surface area contributed by atoms with Gasteiger partial charge < -0.3 is 0 Å². The van der Waals surface area contributed by atoms with Crippen LogP contribution in [0.15, 0.2) is 48.8 Å². The zero-order valence-electron chi connectivity index (χ0n) is 10.9. The Morgan fingerprint density at radius 3 is 2.57 bits per heavy atom. The summed E-state index contributed by atoms with van der Waals surface area (Å²) in [5, 5.41) is 9.63. The van der Waals surface area contributed by atoms with Crippen molar-refractivity contribution in [3.8, 4) is 6.07 Å². The predicted octanol–water partition coefficient (Wildman–Crippen LogP) is 2.24. The van der Waals surface area contributed by atoms with Crippen LogP contribution in [0.1, 0.15) is 5.56 Å². The fourth-order valence-corrected chi connectivity index (χ4v) is 3.92. The molecule has 0 amide bonds. The molecular weight excluding hydrogens is 452 g/mol. The second-order valence-electron chi connectivity index (χ2n) is 4.47. The van der Waals surface area contributed by atoms with E-state index in [-0.39, 0.29) is 0 Å². The zero-order valence-corrected chi connectivity index (χ0v) is 14.7. The van der Waals surface area contributed by atoms with Crippen molar-refractivity contribution in [1.82, 2.24) is 4.98 Å². The van der Waals surface area contributed by atoms with Gasteiger partial charge in [0.15, 0.2) is 0 Å². The summed E-state index contributed by atoms with van der Waals surface area (Å²) in [6.07, 6.45) is 3.57. The van der Waals surface area contributed by atoms with Crippen molar-refractivity contribution >= 4 is 32.7 Å².